The largest absolute Gasteiger partial charge is 0.357 e. The fourth-order valence-corrected chi connectivity index (χ4v) is 6.23. The third-order valence-corrected chi connectivity index (χ3v) is 8.22. The van der Waals surface area contributed by atoms with Crippen LogP contribution >= 0.6 is 24.0 Å². The van der Waals surface area contributed by atoms with Crippen molar-refractivity contribution in [1.29, 1.82) is 5.26 Å². The number of aromatic nitrogens is 1. The van der Waals surface area contributed by atoms with E-state index < -0.39 is 0 Å². The quantitative estimate of drug-likeness (QED) is 0.420. The second kappa shape index (κ2) is 10.8. The maximum absolute atomic E-state index is 13.0. The molecule has 35 heavy (non-hydrogen) atoms. The lowest BCUT2D eigenvalue weighted by molar-refractivity contribution is -0.122. The number of anilines is 1. The molecule has 0 bridgehead atoms. The molecule has 8 heteroatoms. The lowest BCUT2D eigenvalue weighted by atomic mass is 9.90. The first-order valence-electron chi connectivity index (χ1n) is 12.0. The average molecular weight is 507 g/mol. The Morgan fingerprint density at radius 1 is 1.20 bits per heavy atom. The molecule has 0 aliphatic carbocycles. The lowest BCUT2D eigenvalue weighted by Gasteiger charge is -2.36. The summed E-state index contributed by atoms with van der Waals surface area (Å²) in [5, 5.41) is 9.69. The van der Waals surface area contributed by atoms with Gasteiger partial charge in [-0.2, -0.15) is 5.26 Å². The van der Waals surface area contributed by atoms with Crippen LogP contribution in [0.15, 0.2) is 40.0 Å². The van der Waals surface area contributed by atoms with Crippen LogP contribution in [-0.4, -0.2) is 39.3 Å². The van der Waals surface area contributed by atoms with Crippen molar-refractivity contribution >= 4 is 46.1 Å². The third-order valence-electron chi connectivity index (χ3n) is 6.85. The molecule has 4 rings (SSSR count). The van der Waals surface area contributed by atoms with Gasteiger partial charge in [0.15, 0.2) is 0 Å². The molecular formula is C27H30N4O2S2. The van der Waals surface area contributed by atoms with E-state index in [4.69, 9.17) is 12.2 Å². The van der Waals surface area contributed by atoms with Crippen LogP contribution in [0.4, 0.5) is 5.82 Å². The summed E-state index contributed by atoms with van der Waals surface area (Å²) in [7, 11) is 1.72. The molecule has 0 radical (unpaired) electrons. The van der Waals surface area contributed by atoms with E-state index in [0.717, 1.165) is 50.2 Å². The summed E-state index contributed by atoms with van der Waals surface area (Å²) in [6.45, 7) is 6.02. The van der Waals surface area contributed by atoms with Crippen molar-refractivity contribution in [2.24, 2.45) is 13.0 Å². The highest BCUT2D eigenvalue weighted by molar-refractivity contribution is 8.26. The predicted octanol–water partition coefficient (Wildman–Crippen LogP) is 4.64. The van der Waals surface area contributed by atoms with Crippen LogP contribution in [-0.2, 0) is 18.3 Å². The van der Waals surface area contributed by atoms with Gasteiger partial charge in [-0.05, 0) is 55.7 Å². The van der Waals surface area contributed by atoms with Gasteiger partial charge >= 0.3 is 0 Å². The number of pyridine rings is 1. The third kappa shape index (κ3) is 5.07. The summed E-state index contributed by atoms with van der Waals surface area (Å²) in [5.74, 6) is 1.24. The van der Waals surface area contributed by atoms with E-state index in [1.54, 1.807) is 23.4 Å². The number of rotatable bonds is 6. The normalized spacial score (nSPS) is 17.9. The number of piperidine rings is 1. The van der Waals surface area contributed by atoms with Gasteiger partial charge in [-0.3, -0.25) is 19.1 Å². The van der Waals surface area contributed by atoms with Crippen LogP contribution in [0.3, 0.4) is 0 Å². The van der Waals surface area contributed by atoms with Gasteiger partial charge in [0.2, 0.25) is 0 Å². The van der Waals surface area contributed by atoms with Crippen LogP contribution in [0, 0.1) is 24.2 Å². The highest BCUT2D eigenvalue weighted by atomic mass is 32.2. The smallest absolute Gasteiger partial charge is 0.270 e. The number of benzene rings is 1. The Morgan fingerprint density at radius 3 is 2.51 bits per heavy atom. The molecule has 2 aliphatic heterocycles. The fraction of sp³-hybridized carbons (Fsp3) is 0.407. The molecule has 2 aromatic rings. The van der Waals surface area contributed by atoms with Gasteiger partial charge in [0.25, 0.3) is 11.5 Å². The molecule has 1 amide bonds. The minimum absolute atomic E-state index is 0.110. The minimum atomic E-state index is -0.304. The predicted molar refractivity (Wildman–Crippen MR) is 146 cm³/mol. The number of carbonyl (C=O) groups is 1. The zero-order chi connectivity index (χ0) is 25.1. The van der Waals surface area contributed by atoms with E-state index in [-0.39, 0.29) is 17.0 Å². The van der Waals surface area contributed by atoms with Gasteiger partial charge in [-0.1, -0.05) is 61.2 Å². The Morgan fingerprint density at radius 2 is 1.89 bits per heavy atom. The van der Waals surface area contributed by atoms with Gasteiger partial charge in [0.1, 0.15) is 21.8 Å². The van der Waals surface area contributed by atoms with E-state index >= 15 is 0 Å². The molecule has 2 fully saturated rings. The summed E-state index contributed by atoms with van der Waals surface area (Å²) in [6, 6.07) is 12.6. The molecular weight excluding hydrogens is 476 g/mol. The molecule has 3 heterocycles. The summed E-state index contributed by atoms with van der Waals surface area (Å²) >= 11 is 6.72. The van der Waals surface area contributed by atoms with Crippen LogP contribution in [0.5, 0.6) is 0 Å². The highest BCUT2D eigenvalue weighted by Gasteiger charge is 2.33. The standard InChI is InChI=1S/C27H30N4O2S2/c1-4-12-31-26(33)23(35-27(31)34)16-21-18(2)22(17-28)25(32)29(3)24(21)30-13-10-20(11-14-30)15-19-8-6-5-7-9-19/h5-9,16,20H,4,10-15H2,1-3H3/b23-16-. The molecule has 0 unspecified atom stereocenters. The highest BCUT2D eigenvalue weighted by Crippen LogP contribution is 2.36. The van der Waals surface area contributed by atoms with Gasteiger partial charge in [-0.15, -0.1) is 0 Å². The van der Waals surface area contributed by atoms with Gasteiger partial charge in [0, 0.05) is 32.2 Å². The van der Waals surface area contributed by atoms with E-state index in [0.29, 0.717) is 27.3 Å². The maximum Gasteiger partial charge on any atom is 0.270 e. The monoisotopic (exact) mass is 506 g/mol. The van der Waals surface area contributed by atoms with E-state index in [9.17, 15) is 14.9 Å². The Bertz CT molecular complexity index is 1270. The van der Waals surface area contributed by atoms with Crippen molar-refractivity contribution in [2.45, 2.75) is 39.5 Å². The number of thioether (sulfide) groups is 1. The first kappa shape index (κ1) is 25.2. The van der Waals surface area contributed by atoms with Crippen LogP contribution in [0.1, 0.15) is 48.4 Å². The van der Waals surface area contributed by atoms with Crippen LogP contribution < -0.4 is 10.5 Å². The molecule has 2 aliphatic rings. The number of carbonyl (C=O) groups excluding carboxylic acids is 1. The number of nitriles is 1. The summed E-state index contributed by atoms with van der Waals surface area (Å²) < 4.78 is 2.12. The topological polar surface area (TPSA) is 69.3 Å². The summed E-state index contributed by atoms with van der Waals surface area (Å²) in [5.41, 5.74) is 2.52. The van der Waals surface area contributed by atoms with Crippen LogP contribution in [0.2, 0.25) is 0 Å². The fourth-order valence-electron chi connectivity index (χ4n) is 4.94. The van der Waals surface area contributed by atoms with Gasteiger partial charge < -0.3 is 4.90 Å². The zero-order valence-corrected chi connectivity index (χ0v) is 22.0. The van der Waals surface area contributed by atoms with Crippen molar-refractivity contribution in [3.05, 3.63) is 67.8 Å². The summed E-state index contributed by atoms with van der Waals surface area (Å²) in [4.78, 5) is 30.5. The van der Waals surface area contributed by atoms with E-state index in [1.165, 1.54) is 17.3 Å². The second-order valence-corrected chi connectivity index (χ2v) is 10.8. The maximum atomic E-state index is 13.0. The molecule has 0 spiro atoms. The molecule has 1 aromatic carbocycles. The van der Waals surface area contributed by atoms with Crippen molar-refractivity contribution in [1.82, 2.24) is 9.47 Å². The van der Waals surface area contributed by atoms with E-state index in [1.807, 2.05) is 19.1 Å². The Balaban J connectivity index is 1.68. The Kier molecular flexibility index (Phi) is 7.78. The SMILES string of the molecule is CCCN1C(=O)/C(=C/c2c(C)c(C#N)c(=O)n(C)c2N2CCC(Cc3ccccc3)CC2)SC1=S. The molecule has 2 saturated heterocycles. The molecule has 6 nitrogen and oxygen atoms in total. The Labute approximate surface area is 216 Å². The molecule has 0 atom stereocenters. The van der Waals surface area contributed by atoms with Crippen molar-refractivity contribution in [2.75, 3.05) is 24.5 Å². The van der Waals surface area contributed by atoms with Crippen molar-refractivity contribution in [3.63, 3.8) is 0 Å². The number of amides is 1. The summed E-state index contributed by atoms with van der Waals surface area (Å²) in [6.07, 6.45) is 5.73. The van der Waals surface area contributed by atoms with Crippen molar-refractivity contribution < 1.29 is 4.79 Å². The number of nitrogens with zero attached hydrogens (tertiary/aromatic N) is 4. The number of hydrogen-bond acceptors (Lipinski definition) is 6. The number of thiocarbonyl (C=S) groups is 1. The van der Waals surface area contributed by atoms with Gasteiger partial charge in [-0.25, -0.2) is 0 Å². The molecule has 1 aromatic heterocycles. The lowest BCUT2D eigenvalue weighted by Crippen LogP contribution is -2.39. The molecule has 182 valence electrons. The first-order valence-corrected chi connectivity index (χ1v) is 13.3. The zero-order valence-electron chi connectivity index (χ0n) is 20.4. The van der Waals surface area contributed by atoms with E-state index in [2.05, 4.69) is 35.2 Å². The Hall–Kier alpha value is -2.89. The number of hydrogen-bond donors (Lipinski definition) is 0. The molecule has 0 saturated carbocycles. The van der Waals surface area contributed by atoms with Crippen molar-refractivity contribution in [3.8, 4) is 6.07 Å². The average Bonchev–Trinajstić information content (AvgIpc) is 3.12. The van der Waals surface area contributed by atoms with Crippen LogP contribution in [0.25, 0.3) is 6.08 Å². The first-order chi connectivity index (χ1) is 16.8. The molecule has 0 N–H and O–H groups in total. The van der Waals surface area contributed by atoms with Gasteiger partial charge in [0.05, 0.1) is 4.91 Å². The second-order valence-electron chi connectivity index (χ2n) is 9.17. The minimum Gasteiger partial charge on any atom is -0.357 e.